The van der Waals surface area contributed by atoms with E-state index in [2.05, 4.69) is 73.2 Å². The minimum Gasteiger partial charge on any atom is -1.00 e. The number of anilines is 1. The molecule has 7 heteroatoms. The highest BCUT2D eigenvalue weighted by Crippen LogP contribution is 2.41. The summed E-state index contributed by atoms with van der Waals surface area (Å²) >= 11 is 0. The molecule has 4 aromatic rings. The first-order valence-electron chi connectivity index (χ1n) is 12.4. The van der Waals surface area contributed by atoms with E-state index >= 15 is 0 Å². The summed E-state index contributed by atoms with van der Waals surface area (Å²) in [6.45, 7) is 7.47. The van der Waals surface area contributed by atoms with Gasteiger partial charge in [0.2, 0.25) is 5.58 Å². The molecule has 0 spiro atoms. The molecule has 37 heavy (non-hydrogen) atoms. The van der Waals surface area contributed by atoms with E-state index in [1.165, 1.54) is 5.56 Å². The van der Waals surface area contributed by atoms with Crippen LogP contribution in [0.4, 0.5) is 5.69 Å². The van der Waals surface area contributed by atoms with E-state index in [1.807, 2.05) is 42.1 Å². The Balaban J connectivity index is 0.00000320. The Morgan fingerprint density at radius 3 is 2.51 bits per heavy atom. The van der Waals surface area contributed by atoms with Gasteiger partial charge >= 0.3 is 11.5 Å². The normalized spacial score (nSPS) is 14.1. The Morgan fingerprint density at radius 2 is 1.84 bits per heavy atom. The number of aryl methyl sites for hydroxylation is 1. The maximum atomic E-state index is 6.08. The van der Waals surface area contributed by atoms with Gasteiger partial charge in [0.25, 0.3) is 0 Å². The second-order valence-corrected chi connectivity index (χ2v) is 9.09. The van der Waals surface area contributed by atoms with Crippen LogP contribution in [0.2, 0.25) is 0 Å². The molecule has 3 heterocycles. The standard InChI is InChI=1S/C30H33N4O2.HI/c1-6-34(7-2)20-21-10-12-22(13-11-21)27-17-23(25-19-24(35-5)14-15-26(25)33(27)4)18-29-31-30-28(36-29)9-8-16-32(30)3;/h8-19H,6-7,20H2,1-5H3;1H/q+1;/p-1. The van der Waals surface area contributed by atoms with Gasteiger partial charge in [-0.05, 0) is 66.2 Å². The molecule has 0 atom stereocenters. The van der Waals surface area contributed by atoms with Gasteiger partial charge in [0.15, 0.2) is 0 Å². The van der Waals surface area contributed by atoms with Crippen LogP contribution in [0.25, 0.3) is 28.6 Å². The number of fused-ring (bicyclic) bond motifs is 2. The summed E-state index contributed by atoms with van der Waals surface area (Å²) in [6.07, 6.45) is 6.19. The van der Waals surface area contributed by atoms with Crippen LogP contribution in [-0.2, 0) is 13.6 Å². The van der Waals surface area contributed by atoms with E-state index in [4.69, 9.17) is 14.1 Å². The monoisotopic (exact) mass is 608 g/mol. The quantitative estimate of drug-likeness (QED) is 0.239. The Bertz CT molecular complexity index is 1450. The largest absolute Gasteiger partial charge is 1.00 e. The van der Waals surface area contributed by atoms with Gasteiger partial charge in [-0.15, -0.1) is 0 Å². The number of hydrogen-bond donors (Lipinski definition) is 0. The van der Waals surface area contributed by atoms with Gasteiger partial charge in [-0.2, -0.15) is 0 Å². The average Bonchev–Trinajstić information content (AvgIpc) is 3.33. The number of aromatic nitrogens is 2. The molecule has 0 saturated carbocycles. The SMILES string of the molecule is CCN(CC)Cc1ccc(C2=C/C(=C\c3nc4c(ccc[n+]4C)o3)c3cc(OC)ccc3N2C)cc1.[I-]. The highest BCUT2D eigenvalue weighted by molar-refractivity contribution is 6.03. The predicted molar refractivity (Wildman–Crippen MR) is 145 cm³/mol. The molecule has 0 aliphatic carbocycles. The zero-order chi connectivity index (χ0) is 25.2. The number of oxazole rings is 1. The molecule has 0 unspecified atom stereocenters. The fourth-order valence-electron chi connectivity index (χ4n) is 4.73. The van der Waals surface area contributed by atoms with Crippen LogP contribution in [-0.4, -0.2) is 37.1 Å². The van der Waals surface area contributed by atoms with Crippen molar-refractivity contribution in [2.75, 3.05) is 32.1 Å². The fraction of sp³-hybridized carbons (Fsp3) is 0.267. The lowest BCUT2D eigenvalue weighted by Gasteiger charge is -2.31. The first kappa shape index (κ1) is 26.9. The van der Waals surface area contributed by atoms with Crippen LogP contribution < -0.4 is 38.2 Å². The van der Waals surface area contributed by atoms with Gasteiger partial charge in [-0.1, -0.05) is 38.1 Å². The van der Waals surface area contributed by atoms with Crippen LogP contribution in [0.5, 0.6) is 5.75 Å². The molecule has 1 aliphatic heterocycles. The molecule has 2 aromatic heterocycles. The predicted octanol–water partition coefficient (Wildman–Crippen LogP) is 2.54. The molecular formula is C30H33IN4O2. The van der Waals surface area contributed by atoms with Crippen molar-refractivity contribution in [1.29, 1.82) is 0 Å². The number of hydrogen-bond acceptors (Lipinski definition) is 5. The lowest BCUT2D eigenvalue weighted by Crippen LogP contribution is -3.00. The fourth-order valence-corrected chi connectivity index (χ4v) is 4.73. The summed E-state index contributed by atoms with van der Waals surface area (Å²) < 4.78 is 13.6. The summed E-state index contributed by atoms with van der Waals surface area (Å²) in [4.78, 5) is 9.39. The van der Waals surface area contributed by atoms with Crippen molar-refractivity contribution in [2.24, 2.45) is 7.05 Å². The number of ether oxygens (including phenoxy) is 1. The lowest BCUT2D eigenvalue weighted by atomic mass is 9.94. The first-order chi connectivity index (χ1) is 17.5. The smallest absolute Gasteiger partial charge is 0.370 e. The summed E-state index contributed by atoms with van der Waals surface area (Å²) in [6, 6.07) is 19.0. The summed E-state index contributed by atoms with van der Waals surface area (Å²) in [5.74, 6) is 1.39. The number of halogens is 1. The Labute approximate surface area is 235 Å². The molecule has 1 aliphatic rings. The zero-order valence-electron chi connectivity index (χ0n) is 22.0. The van der Waals surface area contributed by atoms with Gasteiger partial charge in [0, 0.05) is 41.6 Å². The van der Waals surface area contributed by atoms with E-state index in [0.29, 0.717) is 5.89 Å². The van der Waals surface area contributed by atoms with E-state index in [9.17, 15) is 0 Å². The molecule has 0 fully saturated rings. The van der Waals surface area contributed by atoms with Crippen LogP contribution in [0.3, 0.4) is 0 Å². The van der Waals surface area contributed by atoms with E-state index < -0.39 is 0 Å². The van der Waals surface area contributed by atoms with E-state index in [0.717, 1.165) is 64.7 Å². The van der Waals surface area contributed by atoms with Gasteiger partial charge in [-0.3, -0.25) is 4.90 Å². The van der Waals surface area contributed by atoms with Crippen LogP contribution in [0.15, 0.2) is 71.3 Å². The molecular weight excluding hydrogens is 575 g/mol. The molecule has 0 saturated heterocycles. The summed E-state index contributed by atoms with van der Waals surface area (Å²) in [5, 5.41) is 0. The third-order valence-electron chi connectivity index (χ3n) is 6.90. The zero-order valence-corrected chi connectivity index (χ0v) is 24.2. The van der Waals surface area contributed by atoms with E-state index in [1.54, 1.807) is 7.11 Å². The number of methoxy groups -OCH3 is 1. The lowest BCUT2D eigenvalue weighted by molar-refractivity contribution is -0.646. The van der Waals surface area contributed by atoms with Gasteiger partial charge in [0.05, 0.1) is 20.4 Å². The van der Waals surface area contributed by atoms with Crippen molar-refractivity contribution in [3.8, 4) is 5.75 Å². The second-order valence-electron chi connectivity index (χ2n) is 9.09. The van der Waals surface area contributed by atoms with Crippen molar-refractivity contribution in [2.45, 2.75) is 20.4 Å². The molecule has 0 bridgehead atoms. The molecule has 0 N–H and O–H groups in total. The van der Waals surface area contributed by atoms with Crippen molar-refractivity contribution in [3.05, 3.63) is 89.5 Å². The number of allylic oxidation sites excluding steroid dienone is 2. The molecule has 192 valence electrons. The third-order valence-corrected chi connectivity index (χ3v) is 6.90. The van der Waals surface area contributed by atoms with Crippen LogP contribution in [0.1, 0.15) is 36.4 Å². The second kappa shape index (κ2) is 11.5. The highest BCUT2D eigenvalue weighted by atomic mass is 127. The van der Waals surface area contributed by atoms with Gasteiger partial charge < -0.3 is 38.0 Å². The number of benzene rings is 2. The molecule has 5 rings (SSSR count). The average molecular weight is 609 g/mol. The van der Waals surface area contributed by atoms with Crippen LogP contribution >= 0.6 is 0 Å². The number of pyridine rings is 1. The van der Waals surface area contributed by atoms with Crippen molar-refractivity contribution in [3.63, 3.8) is 0 Å². The van der Waals surface area contributed by atoms with Gasteiger partial charge in [0.1, 0.15) is 5.75 Å². The molecule has 6 nitrogen and oxygen atoms in total. The maximum absolute atomic E-state index is 6.08. The summed E-state index contributed by atoms with van der Waals surface area (Å²) in [7, 11) is 5.77. The van der Waals surface area contributed by atoms with Crippen molar-refractivity contribution >= 4 is 34.3 Å². The maximum Gasteiger partial charge on any atom is 0.370 e. The minimum atomic E-state index is 0. The van der Waals surface area contributed by atoms with Crippen molar-refractivity contribution in [1.82, 2.24) is 9.88 Å². The minimum absolute atomic E-state index is 0. The van der Waals surface area contributed by atoms with Crippen molar-refractivity contribution < 1.29 is 37.7 Å². The Hall–Kier alpha value is -3.17. The third kappa shape index (κ3) is 5.43. The summed E-state index contributed by atoms with van der Waals surface area (Å²) in [5.41, 5.74) is 8.39. The Kier molecular flexibility index (Phi) is 8.34. The van der Waals surface area contributed by atoms with Crippen LogP contribution in [0, 0.1) is 0 Å². The Morgan fingerprint density at radius 1 is 1.08 bits per heavy atom. The topological polar surface area (TPSA) is 45.6 Å². The molecule has 0 radical (unpaired) electrons. The number of nitrogens with zero attached hydrogens (tertiary/aromatic N) is 4. The molecule has 0 amide bonds. The highest BCUT2D eigenvalue weighted by Gasteiger charge is 2.24. The van der Waals surface area contributed by atoms with Gasteiger partial charge in [-0.25, -0.2) is 4.57 Å². The number of rotatable bonds is 7. The first-order valence-corrected chi connectivity index (χ1v) is 12.4. The molecule has 2 aromatic carbocycles. The van der Waals surface area contributed by atoms with E-state index in [-0.39, 0.29) is 24.0 Å².